The number of rotatable bonds is 2. The van der Waals surface area contributed by atoms with E-state index in [0.717, 1.165) is 11.3 Å². The van der Waals surface area contributed by atoms with E-state index in [9.17, 15) is 4.21 Å². The standard InChI is InChI=1S/C13H11NOS/c15-16-13(11-7-3-1-4-8-11)14-12-9-5-2-6-10-12/h1-10,14H. The van der Waals surface area contributed by atoms with E-state index in [1.54, 1.807) is 0 Å². The third-order valence-electron chi connectivity index (χ3n) is 2.15. The van der Waals surface area contributed by atoms with Gasteiger partial charge in [0.2, 0.25) is 0 Å². The summed E-state index contributed by atoms with van der Waals surface area (Å²) in [4.78, 5) is 0.617. The minimum Gasteiger partial charge on any atom is -0.344 e. The highest BCUT2D eigenvalue weighted by Gasteiger charge is 2.01. The van der Waals surface area contributed by atoms with Crippen LogP contribution < -0.4 is 5.32 Å². The van der Waals surface area contributed by atoms with Crippen molar-refractivity contribution in [2.75, 3.05) is 5.32 Å². The summed E-state index contributed by atoms with van der Waals surface area (Å²) in [6.07, 6.45) is 0. The number of para-hydroxylation sites is 1. The monoisotopic (exact) mass is 229 g/mol. The number of anilines is 1. The Hall–Kier alpha value is -1.87. The highest BCUT2D eigenvalue weighted by atomic mass is 32.1. The maximum atomic E-state index is 11.1. The van der Waals surface area contributed by atoms with Crippen molar-refractivity contribution in [2.45, 2.75) is 0 Å². The van der Waals surface area contributed by atoms with Crippen molar-refractivity contribution in [3.63, 3.8) is 0 Å². The lowest BCUT2D eigenvalue weighted by molar-refractivity contribution is 0.701. The average molecular weight is 229 g/mol. The van der Waals surface area contributed by atoms with Gasteiger partial charge in [-0.05, 0) is 12.1 Å². The second-order valence-electron chi connectivity index (χ2n) is 3.27. The first-order chi connectivity index (χ1) is 7.90. The summed E-state index contributed by atoms with van der Waals surface area (Å²) in [5, 5.41) is 3.11. The summed E-state index contributed by atoms with van der Waals surface area (Å²) >= 11 is 0.473. The fourth-order valence-corrected chi connectivity index (χ4v) is 1.78. The van der Waals surface area contributed by atoms with Crippen LogP contribution in [0.15, 0.2) is 60.7 Å². The van der Waals surface area contributed by atoms with E-state index in [4.69, 9.17) is 0 Å². The van der Waals surface area contributed by atoms with Crippen molar-refractivity contribution in [1.29, 1.82) is 0 Å². The largest absolute Gasteiger partial charge is 0.344 e. The van der Waals surface area contributed by atoms with E-state index in [-0.39, 0.29) is 0 Å². The van der Waals surface area contributed by atoms with Gasteiger partial charge in [-0.2, -0.15) is 0 Å². The molecule has 0 aliphatic rings. The van der Waals surface area contributed by atoms with Gasteiger partial charge in [-0.1, -0.05) is 48.5 Å². The first kappa shape index (κ1) is 10.6. The molecule has 80 valence electrons. The van der Waals surface area contributed by atoms with Crippen molar-refractivity contribution in [1.82, 2.24) is 0 Å². The highest BCUT2D eigenvalue weighted by Crippen LogP contribution is 2.08. The van der Waals surface area contributed by atoms with Crippen LogP contribution in [-0.2, 0) is 11.3 Å². The quantitative estimate of drug-likeness (QED) is 0.802. The van der Waals surface area contributed by atoms with Gasteiger partial charge < -0.3 is 5.32 Å². The van der Waals surface area contributed by atoms with E-state index in [2.05, 4.69) is 5.32 Å². The molecule has 0 atom stereocenters. The van der Waals surface area contributed by atoms with Crippen LogP contribution in [0, 0.1) is 0 Å². The van der Waals surface area contributed by atoms with Crippen molar-refractivity contribution in [2.24, 2.45) is 0 Å². The molecule has 0 aliphatic carbocycles. The summed E-state index contributed by atoms with van der Waals surface area (Å²) in [6.45, 7) is 0. The third kappa shape index (κ3) is 2.58. The lowest BCUT2D eigenvalue weighted by Crippen LogP contribution is -2.12. The van der Waals surface area contributed by atoms with E-state index < -0.39 is 0 Å². The van der Waals surface area contributed by atoms with Crippen LogP contribution in [0.4, 0.5) is 5.69 Å². The summed E-state index contributed by atoms with van der Waals surface area (Å²) in [5.41, 5.74) is 1.83. The topological polar surface area (TPSA) is 29.1 Å². The van der Waals surface area contributed by atoms with Gasteiger partial charge in [0, 0.05) is 11.3 Å². The predicted octanol–water partition coefficient (Wildman–Crippen LogP) is 2.49. The minimum absolute atomic E-state index is 0.473. The lowest BCUT2D eigenvalue weighted by Gasteiger charge is -2.06. The first-order valence-corrected chi connectivity index (χ1v) is 5.68. The molecule has 2 aromatic carbocycles. The molecule has 2 aromatic rings. The molecule has 0 unspecified atom stereocenters. The van der Waals surface area contributed by atoms with Crippen LogP contribution in [0.5, 0.6) is 0 Å². The fourth-order valence-electron chi connectivity index (χ4n) is 1.38. The summed E-state index contributed by atoms with van der Waals surface area (Å²) < 4.78 is 11.1. The van der Waals surface area contributed by atoms with Crippen LogP contribution in [0.1, 0.15) is 5.56 Å². The average Bonchev–Trinajstić information content (AvgIpc) is 2.38. The smallest absolute Gasteiger partial charge is 0.141 e. The second-order valence-corrected chi connectivity index (χ2v) is 3.84. The third-order valence-corrected chi connectivity index (χ3v) is 2.66. The number of nitrogens with one attached hydrogen (secondary N) is 1. The number of hydrogen-bond acceptors (Lipinski definition) is 1. The lowest BCUT2D eigenvalue weighted by atomic mass is 10.2. The van der Waals surface area contributed by atoms with Crippen LogP contribution >= 0.6 is 0 Å². The van der Waals surface area contributed by atoms with E-state index in [1.807, 2.05) is 60.7 Å². The molecule has 2 rings (SSSR count). The molecule has 0 heterocycles. The van der Waals surface area contributed by atoms with Crippen LogP contribution in [0.2, 0.25) is 0 Å². The summed E-state index contributed by atoms with van der Waals surface area (Å²) in [6, 6.07) is 19.2. The molecule has 0 bridgehead atoms. The van der Waals surface area contributed by atoms with Gasteiger partial charge in [0.1, 0.15) is 16.2 Å². The van der Waals surface area contributed by atoms with Gasteiger partial charge in [-0.15, -0.1) is 0 Å². The molecule has 0 amide bonds. The van der Waals surface area contributed by atoms with Gasteiger partial charge in [0.05, 0.1) is 0 Å². The van der Waals surface area contributed by atoms with Gasteiger partial charge in [-0.3, -0.25) is 0 Å². The molecule has 0 aromatic heterocycles. The molecule has 0 spiro atoms. The summed E-state index contributed by atoms with van der Waals surface area (Å²) in [5.74, 6) is 0. The fraction of sp³-hybridized carbons (Fsp3) is 0. The van der Waals surface area contributed by atoms with Crippen molar-refractivity contribution < 1.29 is 4.21 Å². The van der Waals surface area contributed by atoms with Crippen LogP contribution in [-0.4, -0.2) is 9.20 Å². The normalized spacial score (nSPS) is 9.50. The molecule has 3 heteroatoms. The van der Waals surface area contributed by atoms with Gasteiger partial charge >= 0.3 is 0 Å². The second kappa shape index (κ2) is 5.28. The Bertz CT molecular complexity index is 504. The van der Waals surface area contributed by atoms with Gasteiger partial charge in [-0.25, -0.2) is 4.21 Å². The number of benzene rings is 2. The van der Waals surface area contributed by atoms with E-state index >= 15 is 0 Å². The molecule has 0 saturated carbocycles. The zero-order chi connectivity index (χ0) is 11.2. The highest BCUT2D eigenvalue weighted by molar-refractivity contribution is 7.67. The first-order valence-electron chi connectivity index (χ1n) is 4.94. The maximum Gasteiger partial charge on any atom is 0.141 e. The Balaban J connectivity index is 2.24. The Kier molecular flexibility index (Phi) is 3.51. The molecular formula is C13H11NOS. The molecule has 2 nitrogen and oxygen atoms in total. The Labute approximate surface area is 98.0 Å². The molecule has 0 radical (unpaired) electrons. The minimum atomic E-state index is 0.473. The van der Waals surface area contributed by atoms with Gasteiger partial charge in [0.25, 0.3) is 0 Å². The van der Waals surface area contributed by atoms with Crippen LogP contribution in [0.25, 0.3) is 0 Å². The predicted molar refractivity (Wildman–Crippen MR) is 68.8 cm³/mol. The summed E-state index contributed by atoms with van der Waals surface area (Å²) in [7, 11) is 0. The molecule has 0 saturated heterocycles. The Morgan fingerprint density at radius 3 is 2.00 bits per heavy atom. The van der Waals surface area contributed by atoms with Crippen molar-refractivity contribution in [3.05, 3.63) is 66.2 Å². The Morgan fingerprint density at radius 2 is 1.44 bits per heavy atom. The van der Waals surface area contributed by atoms with Crippen LogP contribution in [0.3, 0.4) is 0 Å². The van der Waals surface area contributed by atoms with Crippen molar-refractivity contribution in [3.8, 4) is 0 Å². The molecule has 16 heavy (non-hydrogen) atoms. The van der Waals surface area contributed by atoms with Gasteiger partial charge in [0.15, 0.2) is 0 Å². The molecule has 0 aliphatic heterocycles. The molecule has 1 N–H and O–H groups in total. The van der Waals surface area contributed by atoms with Crippen molar-refractivity contribution >= 4 is 21.9 Å². The Morgan fingerprint density at radius 1 is 0.875 bits per heavy atom. The molecule has 0 fully saturated rings. The van der Waals surface area contributed by atoms with E-state index in [0.29, 0.717) is 16.2 Å². The molecular weight excluding hydrogens is 218 g/mol. The number of hydrogen-bond donors (Lipinski definition) is 1. The zero-order valence-electron chi connectivity index (χ0n) is 8.59. The maximum absolute atomic E-state index is 11.1. The zero-order valence-corrected chi connectivity index (χ0v) is 9.41. The SMILES string of the molecule is O=S=C(Nc1ccccc1)c1ccccc1. The van der Waals surface area contributed by atoms with E-state index in [1.165, 1.54) is 0 Å².